The van der Waals surface area contributed by atoms with Crippen molar-refractivity contribution in [2.24, 2.45) is 10.8 Å². The second kappa shape index (κ2) is 4.14. The summed E-state index contributed by atoms with van der Waals surface area (Å²) in [5.74, 6) is 0.430. The predicted octanol–water partition coefficient (Wildman–Crippen LogP) is -0.0819. The van der Waals surface area contributed by atoms with Gasteiger partial charge in [0, 0.05) is 24.4 Å². The van der Waals surface area contributed by atoms with E-state index in [1.807, 2.05) is 0 Å². The minimum Gasteiger partial charge on any atom is -0.330 e. The standard InChI is InChI=1S/C9H11N5O/c10-3-1-7-5-9(15)14(13-7)8-2-4-11-6-12-8/h2,4,6H,1,3,5,10H2. The molecule has 6 heteroatoms. The number of hydrazone groups is 1. The molecule has 0 aromatic carbocycles. The molecule has 0 fully saturated rings. The number of hydrogen-bond donors (Lipinski definition) is 1. The average molecular weight is 205 g/mol. The van der Waals surface area contributed by atoms with E-state index in [-0.39, 0.29) is 5.91 Å². The summed E-state index contributed by atoms with van der Waals surface area (Å²) in [6, 6.07) is 1.65. The number of nitrogens with zero attached hydrogens (tertiary/aromatic N) is 4. The molecule has 0 atom stereocenters. The largest absolute Gasteiger partial charge is 0.330 e. The van der Waals surface area contributed by atoms with Crippen LogP contribution in [0.25, 0.3) is 0 Å². The molecule has 1 aromatic heterocycles. The monoisotopic (exact) mass is 205 g/mol. The van der Waals surface area contributed by atoms with Gasteiger partial charge in [-0.15, -0.1) is 0 Å². The summed E-state index contributed by atoms with van der Waals surface area (Å²) < 4.78 is 0. The molecule has 0 radical (unpaired) electrons. The first-order chi connectivity index (χ1) is 7.31. The van der Waals surface area contributed by atoms with Crippen LogP contribution in [-0.2, 0) is 4.79 Å². The Labute approximate surface area is 86.8 Å². The molecule has 2 N–H and O–H groups in total. The van der Waals surface area contributed by atoms with Crippen LogP contribution in [0.2, 0.25) is 0 Å². The third-order valence-corrected chi connectivity index (χ3v) is 2.05. The molecule has 1 aliphatic heterocycles. The topological polar surface area (TPSA) is 84.5 Å². The van der Waals surface area contributed by atoms with Crippen LogP contribution in [0.5, 0.6) is 0 Å². The summed E-state index contributed by atoms with van der Waals surface area (Å²) in [6.07, 6.45) is 3.94. The van der Waals surface area contributed by atoms with Crippen molar-refractivity contribution in [2.75, 3.05) is 11.6 Å². The van der Waals surface area contributed by atoms with Gasteiger partial charge in [0.2, 0.25) is 0 Å². The van der Waals surface area contributed by atoms with E-state index in [4.69, 9.17) is 5.73 Å². The number of anilines is 1. The molecule has 0 saturated heterocycles. The molecular formula is C9H11N5O. The minimum atomic E-state index is -0.0721. The molecule has 1 aromatic rings. The van der Waals surface area contributed by atoms with Gasteiger partial charge in [0.1, 0.15) is 6.33 Å². The molecule has 1 aliphatic rings. The smallest absolute Gasteiger partial charge is 0.254 e. The van der Waals surface area contributed by atoms with E-state index in [1.54, 1.807) is 12.3 Å². The number of nitrogens with two attached hydrogens (primary N) is 1. The first-order valence-corrected chi connectivity index (χ1v) is 4.66. The molecule has 78 valence electrons. The van der Waals surface area contributed by atoms with Crippen LogP contribution in [0.3, 0.4) is 0 Å². The molecule has 2 heterocycles. The van der Waals surface area contributed by atoms with Crippen molar-refractivity contribution in [3.8, 4) is 0 Å². The normalized spacial score (nSPS) is 15.7. The van der Waals surface area contributed by atoms with Crippen molar-refractivity contribution in [1.82, 2.24) is 9.97 Å². The molecule has 0 unspecified atom stereocenters. The molecule has 0 aliphatic carbocycles. The van der Waals surface area contributed by atoms with E-state index >= 15 is 0 Å². The van der Waals surface area contributed by atoms with Gasteiger partial charge in [-0.2, -0.15) is 10.1 Å². The quantitative estimate of drug-likeness (QED) is 0.747. The third kappa shape index (κ3) is 1.99. The van der Waals surface area contributed by atoms with Crippen LogP contribution in [0, 0.1) is 0 Å². The zero-order valence-corrected chi connectivity index (χ0v) is 8.13. The zero-order valence-electron chi connectivity index (χ0n) is 8.13. The van der Waals surface area contributed by atoms with Crippen LogP contribution in [0.4, 0.5) is 5.82 Å². The highest BCUT2D eigenvalue weighted by Crippen LogP contribution is 2.17. The van der Waals surface area contributed by atoms with Crippen molar-refractivity contribution < 1.29 is 4.79 Å². The highest BCUT2D eigenvalue weighted by molar-refractivity contribution is 6.12. The lowest BCUT2D eigenvalue weighted by atomic mass is 10.2. The number of carbonyl (C=O) groups excluding carboxylic acids is 1. The molecule has 0 saturated carbocycles. The molecule has 15 heavy (non-hydrogen) atoms. The van der Waals surface area contributed by atoms with E-state index in [1.165, 1.54) is 11.3 Å². The summed E-state index contributed by atoms with van der Waals surface area (Å²) in [5.41, 5.74) is 6.21. The van der Waals surface area contributed by atoms with Crippen LogP contribution >= 0.6 is 0 Å². The Balaban J connectivity index is 2.20. The number of hydrogen-bond acceptors (Lipinski definition) is 5. The first kappa shape index (κ1) is 9.72. The van der Waals surface area contributed by atoms with Gasteiger partial charge >= 0.3 is 0 Å². The lowest BCUT2D eigenvalue weighted by Crippen LogP contribution is -2.20. The van der Waals surface area contributed by atoms with Crippen molar-refractivity contribution in [2.45, 2.75) is 12.8 Å². The van der Waals surface area contributed by atoms with E-state index in [0.29, 0.717) is 25.2 Å². The highest BCUT2D eigenvalue weighted by atomic mass is 16.2. The first-order valence-electron chi connectivity index (χ1n) is 4.66. The molecule has 0 spiro atoms. The van der Waals surface area contributed by atoms with Crippen LogP contribution in [-0.4, -0.2) is 28.1 Å². The summed E-state index contributed by atoms with van der Waals surface area (Å²) in [4.78, 5) is 19.3. The van der Waals surface area contributed by atoms with Crippen molar-refractivity contribution in [1.29, 1.82) is 0 Å². The van der Waals surface area contributed by atoms with Crippen molar-refractivity contribution in [3.63, 3.8) is 0 Å². The fraction of sp³-hybridized carbons (Fsp3) is 0.333. The second-order valence-electron chi connectivity index (χ2n) is 3.15. The van der Waals surface area contributed by atoms with Gasteiger partial charge in [-0.05, 0) is 6.54 Å². The summed E-state index contributed by atoms with van der Waals surface area (Å²) in [7, 11) is 0. The van der Waals surface area contributed by atoms with Crippen molar-refractivity contribution >= 4 is 17.4 Å². The van der Waals surface area contributed by atoms with Gasteiger partial charge < -0.3 is 5.73 Å². The Hall–Kier alpha value is -1.82. The molecular weight excluding hydrogens is 194 g/mol. The van der Waals surface area contributed by atoms with Gasteiger partial charge in [0.25, 0.3) is 5.91 Å². The van der Waals surface area contributed by atoms with Crippen molar-refractivity contribution in [3.05, 3.63) is 18.6 Å². The van der Waals surface area contributed by atoms with E-state index < -0.39 is 0 Å². The Kier molecular flexibility index (Phi) is 2.68. The fourth-order valence-corrected chi connectivity index (χ4v) is 1.37. The average Bonchev–Trinajstić information content (AvgIpc) is 2.61. The summed E-state index contributed by atoms with van der Waals surface area (Å²) in [5, 5.41) is 5.46. The fourth-order valence-electron chi connectivity index (χ4n) is 1.37. The maximum atomic E-state index is 11.6. The molecule has 0 bridgehead atoms. The van der Waals surface area contributed by atoms with Gasteiger partial charge in [-0.25, -0.2) is 9.97 Å². The zero-order chi connectivity index (χ0) is 10.7. The third-order valence-electron chi connectivity index (χ3n) is 2.05. The lowest BCUT2D eigenvalue weighted by Gasteiger charge is -2.08. The molecule has 2 rings (SSSR count). The van der Waals surface area contributed by atoms with Crippen LogP contribution < -0.4 is 10.7 Å². The number of rotatable bonds is 3. The lowest BCUT2D eigenvalue weighted by molar-refractivity contribution is -0.116. The SMILES string of the molecule is NCCC1=NN(c2ccncn2)C(=O)C1. The number of carbonyl (C=O) groups is 1. The van der Waals surface area contributed by atoms with E-state index in [9.17, 15) is 4.79 Å². The Bertz CT molecular complexity index is 389. The highest BCUT2D eigenvalue weighted by Gasteiger charge is 2.25. The van der Waals surface area contributed by atoms with Gasteiger partial charge in [-0.3, -0.25) is 4.79 Å². The maximum absolute atomic E-state index is 11.6. The second-order valence-corrected chi connectivity index (χ2v) is 3.15. The molecule has 6 nitrogen and oxygen atoms in total. The Morgan fingerprint density at radius 2 is 2.40 bits per heavy atom. The maximum Gasteiger partial charge on any atom is 0.254 e. The van der Waals surface area contributed by atoms with Gasteiger partial charge in [0.05, 0.1) is 6.42 Å². The Morgan fingerprint density at radius 3 is 3.07 bits per heavy atom. The van der Waals surface area contributed by atoms with E-state index in [2.05, 4.69) is 15.1 Å². The van der Waals surface area contributed by atoms with Crippen LogP contribution in [0.15, 0.2) is 23.7 Å². The van der Waals surface area contributed by atoms with Gasteiger partial charge in [0.15, 0.2) is 5.82 Å². The molecule has 1 amide bonds. The number of amides is 1. The summed E-state index contributed by atoms with van der Waals surface area (Å²) in [6.45, 7) is 0.504. The number of aromatic nitrogens is 2. The van der Waals surface area contributed by atoms with E-state index in [0.717, 1.165) is 5.71 Å². The minimum absolute atomic E-state index is 0.0721. The summed E-state index contributed by atoms with van der Waals surface area (Å²) >= 11 is 0. The van der Waals surface area contributed by atoms with Gasteiger partial charge in [-0.1, -0.05) is 0 Å². The Morgan fingerprint density at radius 1 is 1.53 bits per heavy atom. The van der Waals surface area contributed by atoms with Crippen LogP contribution in [0.1, 0.15) is 12.8 Å². The predicted molar refractivity (Wildman–Crippen MR) is 55.2 cm³/mol.